The predicted octanol–water partition coefficient (Wildman–Crippen LogP) is 4.76. The van der Waals surface area contributed by atoms with E-state index in [9.17, 15) is 14.0 Å². The van der Waals surface area contributed by atoms with Crippen LogP contribution in [0.25, 0.3) is 0 Å². The van der Waals surface area contributed by atoms with Crippen molar-refractivity contribution >= 4 is 28.2 Å². The zero-order valence-corrected chi connectivity index (χ0v) is 19.1. The van der Waals surface area contributed by atoms with Crippen molar-refractivity contribution in [2.24, 2.45) is 11.3 Å². The molecule has 2 amide bonds. The largest absolute Gasteiger partial charge is 0.378 e. The highest BCUT2D eigenvalue weighted by atomic mass is 32.1. The standard InChI is InChI=1S/C24H29FN2O3S/c1-24(2,3)16-6-9-18-19(14-16)31-22(20(18)23(29)27-10-12-30-13-11-27)26-21(28)15-4-7-17(25)8-5-15/h4-5,7-8,16H,6,9-14H2,1-3H3,(H,26,28). The normalized spacial score (nSPS) is 19.1. The van der Waals surface area contributed by atoms with Crippen LogP contribution in [0, 0.1) is 17.2 Å². The molecule has 5 nitrogen and oxygen atoms in total. The van der Waals surface area contributed by atoms with Crippen molar-refractivity contribution < 1.29 is 18.7 Å². The molecule has 1 N–H and O–H groups in total. The summed E-state index contributed by atoms with van der Waals surface area (Å²) in [4.78, 5) is 29.3. The number of benzene rings is 1. The molecule has 2 heterocycles. The monoisotopic (exact) mass is 444 g/mol. The second-order valence-corrected chi connectivity index (χ2v) is 10.5. The van der Waals surface area contributed by atoms with Crippen molar-refractivity contribution in [1.29, 1.82) is 0 Å². The molecule has 7 heteroatoms. The van der Waals surface area contributed by atoms with E-state index >= 15 is 0 Å². The Balaban J connectivity index is 1.67. The zero-order chi connectivity index (χ0) is 22.2. The van der Waals surface area contributed by atoms with Crippen LogP contribution in [0.1, 0.15) is 58.3 Å². The fraction of sp³-hybridized carbons (Fsp3) is 0.500. The van der Waals surface area contributed by atoms with Gasteiger partial charge in [0, 0.05) is 23.5 Å². The van der Waals surface area contributed by atoms with Gasteiger partial charge in [-0.1, -0.05) is 20.8 Å². The topological polar surface area (TPSA) is 58.6 Å². The van der Waals surface area contributed by atoms with Gasteiger partial charge >= 0.3 is 0 Å². The molecular weight excluding hydrogens is 415 g/mol. The lowest BCUT2D eigenvalue weighted by molar-refractivity contribution is 0.0303. The third-order valence-electron chi connectivity index (χ3n) is 6.34. The van der Waals surface area contributed by atoms with Gasteiger partial charge in [-0.2, -0.15) is 0 Å². The lowest BCUT2D eigenvalue weighted by Gasteiger charge is -2.34. The van der Waals surface area contributed by atoms with Crippen molar-refractivity contribution in [3.8, 4) is 0 Å². The van der Waals surface area contributed by atoms with Gasteiger partial charge < -0.3 is 15.0 Å². The quantitative estimate of drug-likeness (QED) is 0.742. The molecule has 1 atom stereocenters. The Kier molecular flexibility index (Phi) is 6.17. The van der Waals surface area contributed by atoms with Crippen molar-refractivity contribution in [2.45, 2.75) is 40.0 Å². The van der Waals surface area contributed by atoms with Crippen LogP contribution in [0.4, 0.5) is 9.39 Å². The second kappa shape index (κ2) is 8.71. The molecule has 2 aliphatic rings. The molecule has 4 rings (SSSR count). The number of halogens is 1. The maximum Gasteiger partial charge on any atom is 0.257 e. The number of thiophene rings is 1. The number of amides is 2. The van der Waals surface area contributed by atoms with Gasteiger partial charge in [0.2, 0.25) is 0 Å². The Morgan fingerprint density at radius 1 is 1.16 bits per heavy atom. The van der Waals surface area contributed by atoms with Crippen molar-refractivity contribution in [2.75, 3.05) is 31.6 Å². The van der Waals surface area contributed by atoms with E-state index < -0.39 is 0 Å². The van der Waals surface area contributed by atoms with Crippen LogP contribution in [0.3, 0.4) is 0 Å². The first-order valence-electron chi connectivity index (χ1n) is 10.8. The van der Waals surface area contributed by atoms with E-state index in [-0.39, 0.29) is 23.0 Å². The predicted molar refractivity (Wildman–Crippen MR) is 120 cm³/mol. The second-order valence-electron chi connectivity index (χ2n) is 9.38. The number of nitrogens with zero attached hydrogens (tertiary/aromatic N) is 1. The number of hydrogen-bond donors (Lipinski definition) is 1. The van der Waals surface area contributed by atoms with E-state index in [1.54, 1.807) is 0 Å². The van der Waals surface area contributed by atoms with Gasteiger partial charge in [-0.3, -0.25) is 9.59 Å². The molecule has 0 spiro atoms. The highest BCUT2D eigenvalue weighted by Gasteiger charge is 2.35. The Morgan fingerprint density at radius 2 is 1.84 bits per heavy atom. The summed E-state index contributed by atoms with van der Waals surface area (Å²) in [7, 11) is 0. The first-order valence-corrected chi connectivity index (χ1v) is 11.6. The third-order valence-corrected chi connectivity index (χ3v) is 7.51. The van der Waals surface area contributed by atoms with Crippen LogP contribution in [-0.2, 0) is 17.6 Å². The number of nitrogens with one attached hydrogen (secondary N) is 1. The number of carbonyl (C=O) groups excluding carboxylic acids is 2. The Morgan fingerprint density at radius 3 is 2.48 bits per heavy atom. The minimum Gasteiger partial charge on any atom is -0.378 e. The Hall–Kier alpha value is -2.25. The van der Waals surface area contributed by atoms with E-state index in [1.807, 2.05) is 4.90 Å². The van der Waals surface area contributed by atoms with Gasteiger partial charge in [0.05, 0.1) is 18.8 Å². The smallest absolute Gasteiger partial charge is 0.257 e. The summed E-state index contributed by atoms with van der Waals surface area (Å²) < 4.78 is 18.7. The van der Waals surface area contributed by atoms with E-state index in [1.165, 1.54) is 40.5 Å². The van der Waals surface area contributed by atoms with Gasteiger partial charge in [0.1, 0.15) is 10.8 Å². The van der Waals surface area contributed by atoms with Crippen molar-refractivity contribution in [1.82, 2.24) is 4.90 Å². The average Bonchev–Trinajstić information content (AvgIpc) is 3.10. The molecule has 0 saturated carbocycles. The average molecular weight is 445 g/mol. The summed E-state index contributed by atoms with van der Waals surface area (Å²) in [6.45, 7) is 8.94. The molecule has 166 valence electrons. The van der Waals surface area contributed by atoms with Crippen LogP contribution < -0.4 is 5.32 Å². The maximum atomic E-state index is 13.5. The Labute approximate surface area is 186 Å². The van der Waals surface area contributed by atoms with Crippen molar-refractivity contribution in [3.63, 3.8) is 0 Å². The summed E-state index contributed by atoms with van der Waals surface area (Å²) in [5.74, 6) is -0.225. The number of rotatable bonds is 3. The number of hydrogen-bond acceptors (Lipinski definition) is 4. The molecule has 1 aliphatic heterocycles. The van der Waals surface area contributed by atoms with E-state index in [0.717, 1.165) is 24.8 Å². The van der Waals surface area contributed by atoms with Gasteiger partial charge in [-0.05, 0) is 60.4 Å². The first kappa shape index (κ1) is 22.0. The molecule has 0 radical (unpaired) electrons. The number of ether oxygens (including phenoxy) is 1. The van der Waals surface area contributed by atoms with Crippen LogP contribution in [0.2, 0.25) is 0 Å². The van der Waals surface area contributed by atoms with E-state index in [4.69, 9.17) is 4.74 Å². The minimum atomic E-state index is -0.389. The summed E-state index contributed by atoms with van der Waals surface area (Å²) in [6, 6.07) is 5.44. The molecule has 0 bridgehead atoms. The fourth-order valence-corrected chi connectivity index (χ4v) is 5.66. The summed E-state index contributed by atoms with van der Waals surface area (Å²) in [5.41, 5.74) is 2.26. The molecule has 1 saturated heterocycles. The highest BCUT2D eigenvalue weighted by molar-refractivity contribution is 7.17. The lowest BCUT2D eigenvalue weighted by atomic mass is 9.72. The molecule has 1 aromatic carbocycles. The van der Waals surface area contributed by atoms with Crippen LogP contribution in [-0.4, -0.2) is 43.0 Å². The van der Waals surface area contributed by atoms with Crippen LogP contribution in [0.15, 0.2) is 24.3 Å². The van der Waals surface area contributed by atoms with Gasteiger partial charge in [-0.15, -0.1) is 11.3 Å². The molecule has 1 aromatic heterocycles. The fourth-order valence-electron chi connectivity index (χ4n) is 4.34. The third kappa shape index (κ3) is 4.67. The minimum absolute atomic E-state index is 0.0376. The molecule has 2 aromatic rings. The molecule has 31 heavy (non-hydrogen) atoms. The van der Waals surface area contributed by atoms with Gasteiger partial charge in [-0.25, -0.2) is 4.39 Å². The van der Waals surface area contributed by atoms with Crippen molar-refractivity contribution in [3.05, 3.63) is 51.7 Å². The number of carbonyl (C=O) groups is 2. The van der Waals surface area contributed by atoms with Crippen LogP contribution >= 0.6 is 11.3 Å². The lowest BCUT2D eigenvalue weighted by Crippen LogP contribution is -2.41. The summed E-state index contributed by atoms with van der Waals surface area (Å²) in [6.07, 6.45) is 2.78. The van der Waals surface area contributed by atoms with Gasteiger partial charge in [0.15, 0.2) is 0 Å². The van der Waals surface area contributed by atoms with Gasteiger partial charge in [0.25, 0.3) is 11.8 Å². The van der Waals surface area contributed by atoms with E-state index in [0.29, 0.717) is 48.3 Å². The molecule has 1 aliphatic carbocycles. The maximum absolute atomic E-state index is 13.5. The Bertz CT molecular complexity index is 972. The molecular formula is C24H29FN2O3S. The SMILES string of the molecule is CC(C)(C)C1CCc2c(sc(NC(=O)c3ccc(F)cc3)c2C(=O)N2CCOCC2)C1. The number of fused-ring (bicyclic) bond motifs is 1. The molecule has 1 fully saturated rings. The highest BCUT2D eigenvalue weighted by Crippen LogP contribution is 2.44. The summed E-state index contributed by atoms with van der Waals surface area (Å²) in [5, 5.41) is 3.56. The number of anilines is 1. The zero-order valence-electron chi connectivity index (χ0n) is 18.3. The molecule has 1 unspecified atom stereocenters. The van der Waals surface area contributed by atoms with E-state index in [2.05, 4.69) is 26.1 Å². The number of morpholine rings is 1. The first-order chi connectivity index (χ1) is 14.7. The summed E-state index contributed by atoms with van der Waals surface area (Å²) >= 11 is 1.52. The van der Waals surface area contributed by atoms with Crippen LogP contribution in [0.5, 0.6) is 0 Å².